The second kappa shape index (κ2) is 14.9. The van der Waals surface area contributed by atoms with E-state index in [0.29, 0.717) is 0 Å². The molecule has 2 nitrogen and oxygen atoms in total. The van der Waals surface area contributed by atoms with Gasteiger partial charge in [0, 0.05) is 6.54 Å². The zero-order valence-electron chi connectivity index (χ0n) is 12.4. The van der Waals surface area contributed by atoms with E-state index in [-0.39, 0.29) is 0 Å². The van der Waals surface area contributed by atoms with Gasteiger partial charge in [0.1, 0.15) is 0 Å². The molecule has 0 aromatic heterocycles. The Kier molecular flexibility index (Phi) is 14.7. The maximum absolute atomic E-state index is 5.62. The molecule has 0 aromatic rings. The molecule has 0 fully saturated rings. The van der Waals surface area contributed by atoms with E-state index in [9.17, 15) is 0 Å². The van der Waals surface area contributed by atoms with Crippen LogP contribution in [0.25, 0.3) is 0 Å². The Morgan fingerprint density at radius 1 is 0.833 bits per heavy atom. The van der Waals surface area contributed by atoms with Gasteiger partial charge in [-0.05, 0) is 12.7 Å². The third kappa shape index (κ3) is 13.9. The van der Waals surface area contributed by atoms with Crippen molar-refractivity contribution < 1.29 is 0 Å². The van der Waals surface area contributed by atoms with Gasteiger partial charge in [0.25, 0.3) is 0 Å². The summed E-state index contributed by atoms with van der Waals surface area (Å²) < 4.78 is 0. The first-order chi connectivity index (χ1) is 8.81. The molecule has 0 saturated heterocycles. The van der Waals surface area contributed by atoms with Gasteiger partial charge >= 0.3 is 0 Å². The van der Waals surface area contributed by atoms with Gasteiger partial charge < -0.3 is 5.73 Å². The molecule has 2 N–H and O–H groups in total. The maximum atomic E-state index is 5.62. The lowest BCUT2D eigenvalue weighted by atomic mass is 10.1. The number of hydrogen-bond acceptors (Lipinski definition) is 2. The highest BCUT2D eigenvalue weighted by Crippen LogP contribution is 2.11. The van der Waals surface area contributed by atoms with Crippen molar-refractivity contribution in [3.8, 4) is 0 Å². The molecule has 0 aliphatic carbocycles. The van der Waals surface area contributed by atoms with E-state index < -0.39 is 0 Å². The normalized spacial score (nSPS) is 12.0. The number of unbranched alkanes of at least 4 members (excludes halogenated alkanes) is 10. The molecule has 0 aromatic carbocycles. The number of amidine groups is 1. The third-order valence-electron chi connectivity index (χ3n) is 3.24. The van der Waals surface area contributed by atoms with Crippen molar-refractivity contribution in [1.29, 1.82) is 0 Å². The molecule has 0 amide bonds. The van der Waals surface area contributed by atoms with E-state index >= 15 is 0 Å². The second-order valence-electron chi connectivity index (χ2n) is 4.96. The second-order valence-corrected chi connectivity index (χ2v) is 5.79. The predicted octanol–water partition coefficient (Wildman–Crippen LogP) is 4.98. The molecule has 0 atom stereocenters. The lowest BCUT2D eigenvalue weighted by Crippen LogP contribution is -2.06. The topological polar surface area (TPSA) is 38.4 Å². The lowest BCUT2D eigenvalue weighted by Gasteiger charge is -2.02. The van der Waals surface area contributed by atoms with Gasteiger partial charge in [0.05, 0.1) is 0 Å². The van der Waals surface area contributed by atoms with Crippen LogP contribution in [0.3, 0.4) is 0 Å². The first-order valence-corrected chi connectivity index (χ1v) is 8.87. The molecular weight excluding hydrogens is 240 g/mol. The Morgan fingerprint density at radius 2 is 1.28 bits per heavy atom. The first kappa shape index (κ1) is 17.8. The van der Waals surface area contributed by atoms with Crippen molar-refractivity contribution in [3.05, 3.63) is 0 Å². The number of thioether (sulfide) groups is 1. The van der Waals surface area contributed by atoms with Crippen LogP contribution in [0.1, 0.15) is 77.6 Å². The van der Waals surface area contributed by atoms with E-state index in [2.05, 4.69) is 11.9 Å². The quantitative estimate of drug-likeness (QED) is 0.309. The average Bonchev–Trinajstić information content (AvgIpc) is 2.39. The number of rotatable bonds is 12. The Hall–Kier alpha value is -0.180. The van der Waals surface area contributed by atoms with Crippen LogP contribution in [0.2, 0.25) is 0 Å². The van der Waals surface area contributed by atoms with E-state index in [4.69, 9.17) is 5.73 Å². The molecule has 0 bridgehead atoms. The van der Waals surface area contributed by atoms with Crippen molar-refractivity contribution in [1.82, 2.24) is 0 Å². The Balaban J connectivity index is 3.03. The van der Waals surface area contributed by atoms with E-state index in [1.807, 2.05) is 6.26 Å². The highest BCUT2D eigenvalue weighted by atomic mass is 32.2. The van der Waals surface area contributed by atoms with Crippen LogP contribution in [0.4, 0.5) is 0 Å². The fourth-order valence-corrected chi connectivity index (χ4v) is 2.25. The molecule has 0 spiro atoms. The number of nitrogens with zero attached hydrogens (tertiary/aromatic N) is 1. The monoisotopic (exact) mass is 272 g/mol. The summed E-state index contributed by atoms with van der Waals surface area (Å²) in [6, 6.07) is 0. The molecule has 3 heteroatoms. The molecule has 18 heavy (non-hydrogen) atoms. The minimum atomic E-state index is 0.724. The zero-order chi connectivity index (χ0) is 13.5. The van der Waals surface area contributed by atoms with E-state index in [1.165, 1.54) is 82.4 Å². The molecule has 0 rings (SSSR count). The molecule has 0 saturated carbocycles. The van der Waals surface area contributed by atoms with Crippen molar-refractivity contribution in [2.45, 2.75) is 77.6 Å². The molecule has 0 aliphatic rings. The third-order valence-corrected chi connectivity index (χ3v) is 3.79. The van der Waals surface area contributed by atoms with Gasteiger partial charge in [0.15, 0.2) is 5.17 Å². The summed E-state index contributed by atoms with van der Waals surface area (Å²) >= 11 is 1.54. The van der Waals surface area contributed by atoms with Crippen LogP contribution in [0, 0.1) is 0 Å². The van der Waals surface area contributed by atoms with Crippen LogP contribution in [-0.4, -0.2) is 18.0 Å². The number of nitrogens with two attached hydrogens (primary N) is 1. The van der Waals surface area contributed by atoms with Gasteiger partial charge in [0.2, 0.25) is 0 Å². The van der Waals surface area contributed by atoms with Gasteiger partial charge in [-0.25, -0.2) is 0 Å². The minimum absolute atomic E-state index is 0.724. The SMILES string of the molecule is CCCCCCCCCCCCCN=C(N)SC. The summed E-state index contributed by atoms with van der Waals surface area (Å²) in [6.07, 6.45) is 17.2. The summed E-state index contributed by atoms with van der Waals surface area (Å²) in [4.78, 5) is 4.28. The fourth-order valence-electron chi connectivity index (χ4n) is 2.03. The van der Waals surface area contributed by atoms with Crippen LogP contribution < -0.4 is 5.73 Å². The van der Waals surface area contributed by atoms with E-state index in [1.54, 1.807) is 0 Å². The van der Waals surface area contributed by atoms with Gasteiger partial charge in [-0.2, -0.15) is 0 Å². The van der Waals surface area contributed by atoms with Gasteiger partial charge in [-0.1, -0.05) is 82.9 Å². The van der Waals surface area contributed by atoms with Gasteiger partial charge in [-0.15, -0.1) is 0 Å². The van der Waals surface area contributed by atoms with Crippen molar-refractivity contribution >= 4 is 16.9 Å². The molecule has 0 heterocycles. The summed E-state index contributed by atoms with van der Waals surface area (Å²) in [7, 11) is 0. The predicted molar refractivity (Wildman–Crippen MR) is 86.5 cm³/mol. The van der Waals surface area contributed by atoms with Crippen LogP contribution in [0.15, 0.2) is 4.99 Å². The lowest BCUT2D eigenvalue weighted by molar-refractivity contribution is 0.551. The zero-order valence-corrected chi connectivity index (χ0v) is 13.2. The molecule has 108 valence electrons. The summed E-state index contributed by atoms with van der Waals surface area (Å²) in [5.41, 5.74) is 5.62. The average molecular weight is 273 g/mol. The van der Waals surface area contributed by atoms with Crippen LogP contribution in [-0.2, 0) is 0 Å². The van der Waals surface area contributed by atoms with Crippen molar-refractivity contribution in [2.75, 3.05) is 12.8 Å². The fraction of sp³-hybridized carbons (Fsp3) is 0.933. The molecule has 0 aliphatic heterocycles. The maximum Gasteiger partial charge on any atom is 0.153 e. The highest BCUT2D eigenvalue weighted by molar-refractivity contribution is 8.13. The van der Waals surface area contributed by atoms with E-state index in [0.717, 1.165) is 11.7 Å². The van der Waals surface area contributed by atoms with Crippen molar-refractivity contribution in [2.24, 2.45) is 10.7 Å². The molecule has 0 unspecified atom stereocenters. The standard InChI is InChI=1S/C15H32N2S/c1-3-4-5-6-7-8-9-10-11-12-13-14-17-15(16)18-2/h3-14H2,1-2H3,(H2,16,17). The van der Waals surface area contributed by atoms with Crippen LogP contribution in [0.5, 0.6) is 0 Å². The summed E-state index contributed by atoms with van der Waals surface area (Å²) in [5.74, 6) is 0. The summed E-state index contributed by atoms with van der Waals surface area (Å²) in [6.45, 7) is 3.18. The first-order valence-electron chi connectivity index (χ1n) is 7.65. The number of hydrogen-bond donors (Lipinski definition) is 1. The van der Waals surface area contributed by atoms with Crippen LogP contribution >= 0.6 is 11.8 Å². The number of aliphatic imine (C=N–C) groups is 1. The Morgan fingerprint density at radius 3 is 1.72 bits per heavy atom. The molecule has 0 radical (unpaired) electrons. The van der Waals surface area contributed by atoms with Gasteiger partial charge in [-0.3, -0.25) is 4.99 Å². The largest absolute Gasteiger partial charge is 0.379 e. The Bertz CT molecular complexity index is 193. The summed E-state index contributed by atoms with van der Waals surface area (Å²) in [5, 5.41) is 0.724. The minimum Gasteiger partial charge on any atom is -0.379 e. The highest BCUT2D eigenvalue weighted by Gasteiger charge is 1.93. The Labute approximate surface area is 118 Å². The smallest absolute Gasteiger partial charge is 0.153 e. The molecular formula is C15H32N2S. The van der Waals surface area contributed by atoms with Crippen molar-refractivity contribution in [3.63, 3.8) is 0 Å².